The third kappa shape index (κ3) is 6.08. The van der Waals surface area contributed by atoms with Crippen LogP contribution in [0.4, 0.5) is 10.1 Å². The molecule has 0 unspecified atom stereocenters. The van der Waals surface area contributed by atoms with E-state index < -0.39 is 16.0 Å². The second-order valence-electron chi connectivity index (χ2n) is 11.1. The largest absolute Gasteiger partial charge is 0.478 e. The first-order chi connectivity index (χ1) is 19.6. The molecule has 2 aliphatic carbocycles. The first kappa shape index (κ1) is 27.3. The Balaban J connectivity index is 1.31. The van der Waals surface area contributed by atoms with Crippen LogP contribution in [0.2, 0.25) is 0 Å². The average Bonchev–Trinajstić information content (AvgIpc) is 3.71. The summed E-state index contributed by atoms with van der Waals surface area (Å²) in [7, 11) is -3.64. The van der Waals surface area contributed by atoms with Crippen molar-refractivity contribution in [3.8, 4) is 22.8 Å². The fourth-order valence-electron chi connectivity index (χ4n) is 5.58. The number of nitrogens with two attached hydrogens (primary N) is 1. The molecule has 1 aromatic heterocycles. The number of benzene rings is 3. The lowest BCUT2D eigenvalue weighted by Gasteiger charge is -2.26. The van der Waals surface area contributed by atoms with E-state index in [0.717, 1.165) is 44.1 Å². The van der Waals surface area contributed by atoms with Gasteiger partial charge < -0.3 is 20.0 Å². The zero-order chi connectivity index (χ0) is 28.7. The molecule has 10 heteroatoms. The average molecular weight is 579 g/mol. The summed E-state index contributed by atoms with van der Waals surface area (Å²) in [6.07, 6.45) is 5.03. The highest BCUT2D eigenvalue weighted by atomic mass is 32.2. The SMILES string of the molecule is NC1CCC(CS(=O)(=O)Nc2cc3oc(-c4ccc(Oc5ccc(F)cc5)cc4)c(C(=O)O)c3cc2C2CC2)CC1. The van der Waals surface area contributed by atoms with E-state index in [0.29, 0.717) is 28.1 Å². The summed E-state index contributed by atoms with van der Waals surface area (Å²) in [5.41, 5.74) is 8.03. The molecule has 2 aliphatic rings. The summed E-state index contributed by atoms with van der Waals surface area (Å²) < 4.78 is 54.1. The van der Waals surface area contributed by atoms with Gasteiger partial charge >= 0.3 is 5.97 Å². The van der Waals surface area contributed by atoms with E-state index in [4.69, 9.17) is 14.9 Å². The molecule has 0 bridgehead atoms. The van der Waals surface area contributed by atoms with Gasteiger partial charge in [0.05, 0.1) is 11.4 Å². The molecule has 0 amide bonds. The molecule has 4 N–H and O–H groups in total. The number of nitrogens with one attached hydrogen (secondary N) is 1. The summed E-state index contributed by atoms with van der Waals surface area (Å²) in [5, 5.41) is 10.6. The van der Waals surface area contributed by atoms with Crippen LogP contribution >= 0.6 is 0 Å². The fourth-order valence-corrected chi connectivity index (χ4v) is 7.13. The van der Waals surface area contributed by atoms with Crippen molar-refractivity contribution < 1.29 is 31.9 Å². The van der Waals surface area contributed by atoms with Gasteiger partial charge in [-0.2, -0.15) is 0 Å². The van der Waals surface area contributed by atoms with Crippen molar-refractivity contribution in [2.24, 2.45) is 11.7 Å². The van der Waals surface area contributed by atoms with E-state index in [-0.39, 0.29) is 46.4 Å². The third-order valence-electron chi connectivity index (χ3n) is 7.87. The maximum Gasteiger partial charge on any atom is 0.340 e. The highest BCUT2D eigenvalue weighted by Gasteiger charge is 2.32. The van der Waals surface area contributed by atoms with E-state index in [1.165, 1.54) is 24.3 Å². The predicted molar refractivity (Wildman–Crippen MR) is 154 cm³/mol. The molecule has 0 aliphatic heterocycles. The van der Waals surface area contributed by atoms with Crippen molar-refractivity contribution >= 4 is 32.6 Å². The van der Waals surface area contributed by atoms with Crippen molar-refractivity contribution in [2.45, 2.75) is 50.5 Å². The molecule has 0 saturated heterocycles. The molecular weight excluding hydrogens is 547 g/mol. The number of furan rings is 1. The molecule has 4 aromatic rings. The van der Waals surface area contributed by atoms with Crippen molar-refractivity contribution in [2.75, 3.05) is 10.5 Å². The number of carbonyl (C=O) groups is 1. The van der Waals surface area contributed by atoms with E-state index in [9.17, 15) is 22.7 Å². The number of fused-ring (bicyclic) bond motifs is 1. The van der Waals surface area contributed by atoms with Gasteiger partial charge in [-0.05, 0) is 111 Å². The van der Waals surface area contributed by atoms with E-state index in [2.05, 4.69) is 4.72 Å². The third-order valence-corrected chi connectivity index (χ3v) is 9.31. The van der Waals surface area contributed by atoms with Crippen LogP contribution < -0.4 is 15.2 Å². The normalized spacial score (nSPS) is 19.3. The summed E-state index contributed by atoms with van der Waals surface area (Å²) in [6, 6.07) is 15.8. The van der Waals surface area contributed by atoms with E-state index in [1.54, 1.807) is 36.4 Å². The van der Waals surface area contributed by atoms with E-state index in [1.807, 2.05) is 0 Å². The molecule has 2 fully saturated rings. The van der Waals surface area contributed by atoms with Gasteiger partial charge in [0.1, 0.15) is 34.2 Å². The Bertz CT molecular complexity index is 1690. The lowest BCUT2D eigenvalue weighted by atomic mass is 9.88. The quantitative estimate of drug-likeness (QED) is 0.198. The first-order valence-corrected chi connectivity index (χ1v) is 15.4. The summed E-state index contributed by atoms with van der Waals surface area (Å²) >= 11 is 0. The number of carboxylic acids is 1. The summed E-state index contributed by atoms with van der Waals surface area (Å²) in [4.78, 5) is 12.4. The van der Waals surface area contributed by atoms with Crippen molar-refractivity contribution in [1.29, 1.82) is 0 Å². The standard InChI is InChI=1S/C31H31FN2O6S/c32-21-7-13-24(14-8-21)39-23-11-5-20(6-12-23)30-29(31(35)36)26-15-25(19-3-4-19)27(16-28(26)40-30)34-41(37,38)17-18-1-9-22(33)10-2-18/h5-8,11-16,18-19,22,34H,1-4,9-10,17,33H2,(H,35,36). The smallest absolute Gasteiger partial charge is 0.340 e. The minimum atomic E-state index is -3.64. The van der Waals surface area contributed by atoms with Gasteiger partial charge in [-0.1, -0.05) is 0 Å². The minimum Gasteiger partial charge on any atom is -0.478 e. The minimum absolute atomic E-state index is 0.0158. The van der Waals surface area contributed by atoms with Crippen LogP contribution in [0.1, 0.15) is 60.4 Å². The van der Waals surface area contributed by atoms with E-state index >= 15 is 0 Å². The second kappa shape index (κ2) is 10.8. The maximum absolute atomic E-state index is 13.2. The monoisotopic (exact) mass is 578 g/mol. The number of sulfonamides is 1. The van der Waals surface area contributed by atoms with Crippen molar-refractivity contribution in [1.82, 2.24) is 0 Å². The Morgan fingerprint density at radius 2 is 1.61 bits per heavy atom. The van der Waals surface area contributed by atoms with Crippen LogP contribution in [-0.4, -0.2) is 31.3 Å². The van der Waals surface area contributed by atoms with Crippen LogP contribution in [0.3, 0.4) is 0 Å². The second-order valence-corrected chi connectivity index (χ2v) is 12.8. The Hall–Kier alpha value is -3.89. The van der Waals surface area contributed by atoms with Gasteiger partial charge in [0.15, 0.2) is 0 Å². The molecule has 6 rings (SSSR count). The topological polar surface area (TPSA) is 132 Å². The predicted octanol–water partition coefficient (Wildman–Crippen LogP) is 6.87. The van der Waals surface area contributed by atoms with Crippen molar-refractivity contribution in [3.05, 3.63) is 77.6 Å². The summed E-state index contributed by atoms with van der Waals surface area (Å²) in [6.45, 7) is 0. The van der Waals surface area contributed by atoms with Crippen LogP contribution in [0.5, 0.6) is 11.5 Å². The molecule has 0 radical (unpaired) electrons. The molecule has 8 nitrogen and oxygen atoms in total. The molecule has 214 valence electrons. The zero-order valence-electron chi connectivity index (χ0n) is 22.3. The lowest BCUT2D eigenvalue weighted by molar-refractivity contribution is 0.0699. The van der Waals surface area contributed by atoms with Gasteiger partial charge in [-0.3, -0.25) is 4.72 Å². The number of ether oxygens (including phenoxy) is 1. The highest BCUT2D eigenvalue weighted by molar-refractivity contribution is 7.92. The highest BCUT2D eigenvalue weighted by Crippen LogP contribution is 2.47. The van der Waals surface area contributed by atoms with Gasteiger partial charge in [0, 0.05) is 23.1 Å². The van der Waals surface area contributed by atoms with Gasteiger partial charge in [-0.15, -0.1) is 0 Å². The van der Waals surface area contributed by atoms with Crippen LogP contribution in [-0.2, 0) is 10.0 Å². The molecule has 0 spiro atoms. The first-order valence-electron chi connectivity index (χ1n) is 13.8. The Kier molecular flexibility index (Phi) is 7.21. The number of rotatable bonds is 9. The number of halogens is 1. The molecule has 3 aromatic carbocycles. The number of aromatic carboxylic acids is 1. The Labute approximate surface area is 237 Å². The molecule has 41 heavy (non-hydrogen) atoms. The van der Waals surface area contributed by atoms with Crippen molar-refractivity contribution in [3.63, 3.8) is 0 Å². The number of hydrogen-bond donors (Lipinski definition) is 3. The maximum atomic E-state index is 13.2. The fraction of sp³-hybridized carbons (Fsp3) is 0.323. The summed E-state index contributed by atoms with van der Waals surface area (Å²) in [5.74, 6) is -0.148. The molecule has 1 heterocycles. The number of carboxylic acid groups (broad SMARTS) is 1. The van der Waals surface area contributed by atoms with Crippen LogP contribution in [0, 0.1) is 11.7 Å². The number of anilines is 1. The van der Waals surface area contributed by atoms with Gasteiger partial charge in [0.2, 0.25) is 10.0 Å². The van der Waals surface area contributed by atoms with Gasteiger partial charge in [0.25, 0.3) is 0 Å². The van der Waals surface area contributed by atoms with Crippen LogP contribution in [0.25, 0.3) is 22.3 Å². The zero-order valence-corrected chi connectivity index (χ0v) is 23.1. The Morgan fingerprint density at radius 3 is 2.22 bits per heavy atom. The lowest BCUT2D eigenvalue weighted by Crippen LogP contribution is -2.31. The molecular formula is C31H31FN2O6S. The molecule has 2 saturated carbocycles. The van der Waals surface area contributed by atoms with Crippen LogP contribution in [0.15, 0.2) is 65.1 Å². The molecule has 0 atom stereocenters. The Morgan fingerprint density at radius 1 is 0.976 bits per heavy atom. The van der Waals surface area contributed by atoms with Gasteiger partial charge in [-0.25, -0.2) is 17.6 Å². The number of hydrogen-bond acceptors (Lipinski definition) is 6.